The van der Waals surface area contributed by atoms with Crippen LogP contribution >= 0.6 is 0 Å². The zero-order valence-electron chi connectivity index (χ0n) is 12.3. The second-order valence-corrected chi connectivity index (χ2v) is 8.32. The molecule has 0 saturated carbocycles. The molecule has 1 N–H and O–H groups in total. The van der Waals surface area contributed by atoms with Gasteiger partial charge in [-0.3, -0.25) is 4.79 Å². The normalized spacial score (nSPS) is 18.6. The fraction of sp³-hybridized carbons (Fsp3) is 0.533. The van der Waals surface area contributed by atoms with E-state index >= 15 is 0 Å². The number of carboxylic acid groups (broad SMARTS) is 1. The van der Waals surface area contributed by atoms with Crippen LogP contribution in [0.2, 0.25) is 0 Å². The van der Waals surface area contributed by atoms with Crippen molar-refractivity contribution in [2.24, 2.45) is 0 Å². The molecule has 0 bridgehead atoms. The average Bonchev–Trinajstić information content (AvgIpc) is 2.44. The molecule has 1 aliphatic rings. The summed E-state index contributed by atoms with van der Waals surface area (Å²) in [6.45, 7) is 4.34. The van der Waals surface area contributed by atoms with Crippen LogP contribution < -0.4 is 4.90 Å². The number of nitrogens with zero attached hydrogens (tertiary/aromatic N) is 1. The molecule has 1 aromatic carbocycles. The Labute approximate surface area is 125 Å². The lowest BCUT2D eigenvalue weighted by atomic mass is 9.90. The van der Waals surface area contributed by atoms with Crippen LogP contribution in [0.4, 0.5) is 5.69 Å². The highest BCUT2D eigenvalue weighted by molar-refractivity contribution is 7.92. The smallest absolute Gasteiger partial charge is 0.311 e. The molecule has 1 aromatic rings. The standard InChI is InChI=1S/C15H21NO4S/c1-11(2)21(19,20)10-9-16-8-7-13(15(17)18)12-5-3-4-6-14(12)16/h3-6,11,13H,7-10H2,1-2H3,(H,17,18). The fourth-order valence-electron chi connectivity index (χ4n) is 2.59. The van der Waals surface area contributed by atoms with Crippen molar-refractivity contribution in [3.05, 3.63) is 29.8 Å². The third kappa shape index (κ3) is 3.37. The first kappa shape index (κ1) is 15.8. The van der Waals surface area contributed by atoms with Gasteiger partial charge in [-0.05, 0) is 31.9 Å². The summed E-state index contributed by atoms with van der Waals surface area (Å²) in [5.41, 5.74) is 1.62. The highest BCUT2D eigenvalue weighted by Gasteiger charge is 2.30. The van der Waals surface area contributed by atoms with Gasteiger partial charge in [-0.2, -0.15) is 0 Å². The second-order valence-electron chi connectivity index (χ2n) is 5.64. The zero-order valence-corrected chi connectivity index (χ0v) is 13.1. The lowest BCUT2D eigenvalue weighted by Gasteiger charge is -2.34. The molecular formula is C15H21NO4S. The van der Waals surface area contributed by atoms with Crippen molar-refractivity contribution in [3.8, 4) is 0 Å². The van der Waals surface area contributed by atoms with Gasteiger partial charge in [-0.25, -0.2) is 8.42 Å². The van der Waals surface area contributed by atoms with E-state index < -0.39 is 21.7 Å². The van der Waals surface area contributed by atoms with E-state index in [2.05, 4.69) is 0 Å². The second kappa shape index (κ2) is 6.05. The van der Waals surface area contributed by atoms with Gasteiger partial charge in [-0.15, -0.1) is 0 Å². The molecule has 0 aliphatic carbocycles. The SMILES string of the molecule is CC(C)S(=O)(=O)CCN1CCC(C(=O)O)c2ccccc21. The molecule has 1 unspecified atom stereocenters. The van der Waals surface area contributed by atoms with Gasteiger partial charge in [0.15, 0.2) is 9.84 Å². The fourth-order valence-corrected chi connectivity index (χ4v) is 3.54. The van der Waals surface area contributed by atoms with Crippen LogP contribution in [-0.2, 0) is 14.6 Å². The van der Waals surface area contributed by atoms with E-state index in [9.17, 15) is 18.3 Å². The number of fused-ring (bicyclic) bond motifs is 1. The molecule has 2 rings (SSSR count). The lowest BCUT2D eigenvalue weighted by Crippen LogP contribution is -2.37. The van der Waals surface area contributed by atoms with Crippen LogP contribution in [0.25, 0.3) is 0 Å². The number of carbonyl (C=O) groups is 1. The topological polar surface area (TPSA) is 74.7 Å². The maximum atomic E-state index is 11.9. The van der Waals surface area contributed by atoms with E-state index in [4.69, 9.17) is 0 Å². The van der Waals surface area contributed by atoms with Gasteiger partial charge in [0.05, 0.1) is 16.9 Å². The number of rotatable bonds is 5. The monoisotopic (exact) mass is 311 g/mol. The summed E-state index contributed by atoms with van der Waals surface area (Å²) in [5.74, 6) is -1.23. The van der Waals surface area contributed by atoms with Gasteiger partial charge in [0.25, 0.3) is 0 Å². The highest BCUT2D eigenvalue weighted by atomic mass is 32.2. The number of anilines is 1. The minimum atomic E-state index is -3.09. The first-order valence-electron chi connectivity index (χ1n) is 7.11. The van der Waals surface area contributed by atoms with Crippen molar-refractivity contribution < 1.29 is 18.3 Å². The van der Waals surface area contributed by atoms with E-state index in [-0.39, 0.29) is 11.0 Å². The highest BCUT2D eigenvalue weighted by Crippen LogP contribution is 2.35. The lowest BCUT2D eigenvalue weighted by molar-refractivity contribution is -0.139. The van der Waals surface area contributed by atoms with Gasteiger partial charge in [0.2, 0.25) is 0 Å². The van der Waals surface area contributed by atoms with Crippen LogP contribution in [0.5, 0.6) is 0 Å². The Hall–Kier alpha value is -1.56. The number of para-hydroxylation sites is 1. The van der Waals surface area contributed by atoms with Crippen LogP contribution in [0.3, 0.4) is 0 Å². The Kier molecular flexibility index (Phi) is 4.56. The molecular weight excluding hydrogens is 290 g/mol. The van der Waals surface area contributed by atoms with E-state index in [0.717, 1.165) is 11.3 Å². The van der Waals surface area contributed by atoms with Crippen molar-refractivity contribution in [1.29, 1.82) is 0 Å². The van der Waals surface area contributed by atoms with E-state index in [1.165, 1.54) is 0 Å². The van der Waals surface area contributed by atoms with Crippen LogP contribution in [-0.4, -0.2) is 43.6 Å². The summed E-state index contributed by atoms with van der Waals surface area (Å²) < 4.78 is 23.9. The van der Waals surface area contributed by atoms with Crippen molar-refractivity contribution in [2.45, 2.75) is 31.4 Å². The molecule has 5 nitrogen and oxygen atoms in total. The van der Waals surface area contributed by atoms with Gasteiger partial charge >= 0.3 is 5.97 Å². The number of sulfone groups is 1. The molecule has 0 radical (unpaired) electrons. The summed E-state index contributed by atoms with van der Waals surface area (Å²) in [7, 11) is -3.09. The quantitative estimate of drug-likeness (QED) is 0.899. The maximum absolute atomic E-state index is 11.9. The van der Waals surface area contributed by atoms with Crippen LogP contribution in [0, 0.1) is 0 Å². The predicted octanol–water partition coefficient (Wildman–Crippen LogP) is 1.89. The summed E-state index contributed by atoms with van der Waals surface area (Å²) in [6, 6.07) is 7.36. The van der Waals surface area contributed by atoms with Crippen LogP contribution in [0.15, 0.2) is 24.3 Å². The molecule has 0 aromatic heterocycles. The Morgan fingerprint density at radius 2 is 2.05 bits per heavy atom. The Balaban J connectivity index is 2.20. The summed E-state index contributed by atoms with van der Waals surface area (Å²) in [5, 5.41) is 8.90. The average molecular weight is 311 g/mol. The molecule has 21 heavy (non-hydrogen) atoms. The Morgan fingerprint density at radius 1 is 1.38 bits per heavy atom. The van der Waals surface area contributed by atoms with E-state index in [1.54, 1.807) is 13.8 Å². The molecule has 1 heterocycles. The maximum Gasteiger partial charge on any atom is 0.311 e. The Morgan fingerprint density at radius 3 is 2.67 bits per heavy atom. The van der Waals surface area contributed by atoms with Gasteiger partial charge in [0, 0.05) is 18.8 Å². The minimum absolute atomic E-state index is 0.0940. The molecule has 116 valence electrons. The largest absolute Gasteiger partial charge is 0.481 e. The summed E-state index contributed by atoms with van der Waals surface area (Å²) in [6.07, 6.45) is 0.508. The first-order chi connectivity index (χ1) is 9.83. The van der Waals surface area contributed by atoms with Crippen molar-refractivity contribution in [3.63, 3.8) is 0 Å². The molecule has 0 spiro atoms. The summed E-state index contributed by atoms with van der Waals surface area (Å²) in [4.78, 5) is 13.3. The van der Waals surface area contributed by atoms with Crippen molar-refractivity contribution >= 4 is 21.5 Å². The van der Waals surface area contributed by atoms with Crippen molar-refractivity contribution in [1.82, 2.24) is 0 Å². The van der Waals surface area contributed by atoms with Crippen LogP contribution in [0.1, 0.15) is 31.7 Å². The molecule has 1 aliphatic heterocycles. The number of aliphatic carboxylic acids is 1. The van der Waals surface area contributed by atoms with Gasteiger partial charge in [0.1, 0.15) is 0 Å². The molecule has 0 fully saturated rings. The van der Waals surface area contributed by atoms with E-state index in [0.29, 0.717) is 19.5 Å². The van der Waals surface area contributed by atoms with E-state index in [1.807, 2.05) is 29.2 Å². The molecule has 0 amide bonds. The van der Waals surface area contributed by atoms with Crippen molar-refractivity contribution in [2.75, 3.05) is 23.7 Å². The predicted molar refractivity (Wildman–Crippen MR) is 82.6 cm³/mol. The molecule has 0 saturated heterocycles. The third-order valence-electron chi connectivity index (χ3n) is 4.00. The third-order valence-corrected chi connectivity index (χ3v) is 6.19. The number of hydrogen-bond acceptors (Lipinski definition) is 4. The Bertz CT molecular complexity index is 624. The molecule has 6 heteroatoms. The molecule has 1 atom stereocenters. The number of benzene rings is 1. The first-order valence-corrected chi connectivity index (χ1v) is 8.82. The zero-order chi connectivity index (χ0) is 15.6. The minimum Gasteiger partial charge on any atom is -0.481 e. The van der Waals surface area contributed by atoms with Gasteiger partial charge in [-0.1, -0.05) is 18.2 Å². The van der Waals surface area contributed by atoms with Gasteiger partial charge < -0.3 is 10.0 Å². The number of hydrogen-bond donors (Lipinski definition) is 1. The number of carboxylic acids is 1. The summed E-state index contributed by atoms with van der Waals surface area (Å²) >= 11 is 0.